The Balaban J connectivity index is 1.75. The first-order valence-electron chi connectivity index (χ1n) is 13.5. The number of unbranched alkanes of at least 4 members (excludes halogenated alkanes) is 1. The molecule has 0 bridgehead atoms. The average molecular weight is 541 g/mol. The van der Waals surface area contributed by atoms with Crippen LogP contribution < -0.4 is 16.6 Å². The molecule has 1 aromatic heterocycles. The molecule has 4 rings (SSSR count). The Morgan fingerprint density at radius 1 is 1.12 bits per heavy atom. The highest BCUT2D eigenvalue weighted by atomic mass is 16.3. The number of H-pyrrole nitrogens is 1. The van der Waals surface area contributed by atoms with Gasteiger partial charge in [0.2, 0.25) is 5.91 Å². The van der Waals surface area contributed by atoms with Gasteiger partial charge in [0.1, 0.15) is 12.3 Å². The maximum absolute atomic E-state index is 14.3. The smallest absolute Gasteiger partial charge is 0.255 e. The van der Waals surface area contributed by atoms with E-state index >= 15 is 0 Å². The number of hydrogen-bond donors (Lipinski definition) is 4. The molecule has 0 aliphatic carbocycles. The summed E-state index contributed by atoms with van der Waals surface area (Å²) in [5.41, 5.74) is 10.7. The molecule has 0 spiro atoms. The number of aryl methyl sites for hydroxylation is 1. The Morgan fingerprint density at radius 3 is 2.67 bits per heavy atom. The molecule has 2 atom stereocenters. The molecule has 0 saturated heterocycles. The van der Waals surface area contributed by atoms with E-state index in [2.05, 4.69) is 10.3 Å². The third kappa shape index (κ3) is 6.76. The van der Waals surface area contributed by atoms with Gasteiger partial charge in [-0.25, -0.2) is 0 Å². The number of aliphatic hydroxyl groups is 1. The molecule has 8 heteroatoms. The molecular formula is C32H36N4O4. The van der Waals surface area contributed by atoms with Crippen LogP contribution in [0.4, 0.5) is 11.4 Å². The standard InChI is InChI=1S/C32H36N4O4/c1-21-16-25(9-11-28(21)22(2)20-38)30(35-27-10-8-24-12-13-34-31(39)29(24)18-27)32(40)36(14-3-4-15-37)19-23-6-5-7-26(33)17-23/h5-13,15-18,22,30,35,38H,3-4,14,19-20,33H2,1-2H3,(H,34,39)/t22-,30?/m0/s1. The maximum Gasteiger partial charge on any atom is 0.255 e. The molecule has 40 heavy (non-hydrogen) atoms. The number of nitrogens with zero attached hydrogens (tertiary/aromatic N) is 1. The summed E-state index contributed by atoms with van der Waals surface area (Å²) in [4.78, 5) is 42.2. The van der Waals surface area contributed by atoms with Gasteiger partial charge in [-0.1, -0.05) is 43.3 Å². The van der Waals surface area contributed by atoms with Crippen molar-refractivity contribution in [3.05, 3.63) is 106 Å². The lowest BCUT2D eigenvalue weighted by atomic mass is 9.93. The molecule has 0 radical (unpaired) electrons. The van der Waals surface area contributed by atoms with E-state index in [0.29, 0.717) is 42.7 Å². The van der Waals surface area contributed by atoms with Gasteiger partial charge in [0, 0.05) is 55.0 Å². The second-order valence-corrected chi connectivity index (χ2v) is 10.2. The molecule has 0 saturated carbocycles. The van der Waals surface area contributed by atoms with Crippen molar-refractivity contribution in [2.75, 3.05) is 24.2 Å². The molecule has 8 nitrogen and oxygen atoms in total. The minimum Gasteiger partial charge on any atom is -0.399 e. The SMILES string of the molecule is Cc1cc(C(Nc2ccc3cc[nH]c(=O)c3c2)C(=O)N(CCCC=O)Cc2cccc(N)c2)ccc1[C@@H](C)CO. The quantitative estimate of drug-likeness (QED) is 0.117. The summed E-state index contributed by atoms with van der Waals surface area (Å²) in [6, 6.07) is 19.7. The minimum absolute atomic E-state index is 0.0249. The molecule has 1 unspecified atom stereocenters. The fraction of sp³-hybridized carbons (Fsp3) is 0.281. The molecule has 0 aliphatic rings. The number of carbonyl (C=O) groups is 2. The lowest BCUT2D eigenvalue weighted by Gasteiger charge is -2.29. The number of aromatic amines is 1. The van der Waals surface area contributed by atoms with Crippen molar-refractivity contribution in [3.8, 4) is 0 Å². The number of benzene rings is 3. The van der Waals surface area contributed by atoms with Crippen molar-refractivity contribution >= 4 is 34.3 Å². The number of nitrogen functional groups attached to an aromatic ring is 1. The largest absolute Gasteiger partial charge is 0.399 e. The Hall–Kier alpha value is -4.43. The monoisotopic (exact) mass is 540 g/mol. The van der Waals surface area contributed by atoms with Crippen LogP contribution in [-0.4, -0.2) is 40.3 Å². The van der Waals surface area contributed by atoms with E-state index in [4.69, 9.17) is 5.73 Å². The first-order valence-corrected chi connectivity index (χ1v) is 13.5. The van der Waals surface area contributed by atoms with E-state index < -0.39 is 6.04 Å². The number of pyridine rings is 1. The highest BCUT2D eigenvalue weighted by Crippen LogP contribution is 2.29. The van der Waals surface area contributed by atoms with E-state index in [0.717, 1.165) is 33.9 Å². The maximum atomic E-state index is 14.3. The van der Waals surface area contributed by atoms with Gasteiger partial charge in [0.25, 0.3) is 5.56 Å². The number of aromatic nitrogens is 1. The summed E-state index contributed by atoms with van der Waals surface area (Å²) in [5, 5.41) is 14.4. The van der Waals surface area contributed by atoms with Crippen molar-refractivity contribution < 1.29 is 14.7 Å². The van der Waals surface area contributed by atoms with Gasteiger partial charge in [-0.15, -0.1) is 0 Å². The fourth-order valence-electron chi connectivity index (χ4n) is 4.98. The Labute approximate surface area is 233 Å². The van der Waals surface area contributed by atoms with Crippen molar-refractivity contribution in [3.63, 3.8) is 0 Å². The second-order valence-electron chi connectivity index (χ2n) is 10.2. The predicted octanol–water partition coefficient (Wildman–Crippen LogP) is 4.68. The first kappa shape index (κ1) is 28.6. The van der Waals surface area contributed by atoms with Gasteiger partial charge in [-0.05, 0) is 71.3 Å². The molecule has 0 fully saturated rings. The molecule has 1 amide bonds. The predicted molar refractivity (Wildman–Crippen MR) is 159 cm³/mol. The number of anilines is 2. The van der Waals surface area contributed by atoms with Gasteiger partial charge in [-0.3, -0.25) is 9.59 Å². The van der Waals surface area contributed by atoms with Gasteiger partial charge in [0.05, 0.1) is 0 Å². The molecule has 1 heterocycles. The van der Waals surface area contributed by atoms with Gasteiger partial charge >= 0.3 is 0 Å². The van der Waals surface area contributed by atoms with Crippen LogP contribution in [0.1, 0.15) is 54.0 Å². The van der Waals surface area contributed by atoms with Gasteiger partial charge in [0.15, 0.2) is 0 Å². The topological polar surface area (TPSA) is 129 Å². The normalized spacial score (nSPS) is 12.6. The first-order chi connectivity index (χ1) is 19.3. The molecule has 5 N–H and O–H groups in total. The minimum atomic E-state index is -0.769. The van der Waals surface area contributed by atoms with Crippen LogP contribution >= 0.6 is 0 Å². The number of amides is 1. The number of aldehydes is 1. The summed E-state index contributed by atoms with van der Waals surface area (Å²) in [7, 11) is 0. The Morgan fingerprint density at radius 2 is 1.95 bits per heavy atom. The Bertz CT molecular complexity index is 1550. The van der Waals surface area contributed by atoms with E-state index in [1.807, 2.05) is 68.4 Å². The summed E-state index contributed by atoms with van der Waals surface area (Å²) in [6.07, 6.45) is 3.34. The van der Waals surface area contributed by atoms with Crippen molar-refractivity contribution in [1.29, 1.82) is 0 Å². The van der Waals surface area contributed by atoms with Crippen LogP contribution in [0.25, 0.3) is 10.8 Å². The number of aliphatic hydroxyl groups excluding tert-OH is 1. The van der Waals surface area contributed by atoms with E-state index in [1.54, 1.807) is 23.2 Å². The average Bonchev–Trinajstić information content (AvgIpc) is 2.95. The fourth-order valence-corrected chi connectivity index (χ4v) is 4.98. The zero-order valence-electron chi connectivity index (χ0n) is 22.9. The second kappa shape index (κ2) is 13.1. The summed E-state index contributed by atoms with van der Waals surface area (Å²) in [5.74, 6) is -0.204. The van der Waals surface area contributed by atoms with E-state index in [1.165, 1.54) is 0 Å². The zero-order valence-corrected chi connectivity index (χ0v) is 22.9. The Kier molecular flexibility index (Phi) is 9.35. The van der Waals surface area contributed by atoms with Crippen molar-refractivity contribution in [2.24, 2.45) is 0 Å². The van der Waals surface area contributed by atoms with E-state index in [-0.39, 0.29) is 24.0 Å². The number of rotatable bonds is 12. The van der Waals surface area contributed by atoms with Crippen LogP contribution in [-0.2, 0) is 16.1 Å². The number of fused-ring (bicyclic) bond motifs is 1. The lowest BCUT2D eigenvalue weighted by molar-refractivity contribution is -0.133. The van der Waals surface area contributed by atoms with Crippen LogP contribution in [0.2, 0.25) is 0 Å². The summed E-state index contributed by atoms with van der Waals surface area (Å²) >= 11 is 0. The van der Waals surface area contributed by atoms with Gasteiger partial charge < -0.3 is 30.8 Å². The van der Waals surface area contributed by atoms with Crippen molar-refractivity contribution in [2.45, 2.75) is 45.2 Å². The number of nitrogens with two attached hydrogens (primary N) is 1. The summed E-state index contributed by atoms with van der Waals surface area (Å²) in [6.45, 7) is 4.67. The lowest BCUT2D eigenvalue weighted by Crippen LogP contribution is -2.38. The van der Waals surface area contributed by atoms with E-state index in [9.17, 15) is 19.5 Å². The number of carbonyl (C=O) groups excluding carboxylic acids is 2. The third-order valence-electron chi connectivity index (χ3n) is 7.15. The molecular weight excluding hydrogens is 504 g/mol. The van der Waals surface area contributed by atoms with Crippen LogP contribution in [0, 0.1) is 6.92 Å². The van der Waals surface area contributed by atoms with Crippen LogP contribution in [0.15, 0.2) is 77.7 Å². The molecule has 0 aliphatic heterocycles. The number of nitrogens with one attached hydrogen (secondary N) is 2. The van der Waals surface area contributed by atoms with Gasteiger partial charge in [-0.2, -0.15) is 0 Å². The van der Waals surface area contributed by atoms with Crippen LogP contribution in [0.5, 0.6) is 0 Å². The number of hydrogen-bond acceptors (Lipinski definition) is 6. The van der Waals surface area contributed by atoms with Crippen LogP contribution in [0.3, 0.4) is 0 Å². The molecule has 3 aromatic carbocycles. The summed E-state index contributed by atoms with van der Waals surface area (Å²) < 4.78 is 0. The highest BCUT2D eigenvalue weighted by Gasteiger charge is 2.27. The van der Waals surface area contributed by atoms with Crippen molar-refractivity contribution in [1.82, 2.24) is 9.88 Å². The molecule has 208 valence electrons. The highest BCUT2D eigenvalue weighted by molar-refractivity contribution is 5.89. The third-order valence-corrected chi connectivity index (χ3v) is 7.15. The zero-order chi connectivity index (χ0) is 28.6. The molecule has 4 aromatic rings.